The van der Waals surface area contributed by atoms with E-state index in [0.29, 0.717) is 109 Å². The molecule has 318 valence electrons. The quantitative estimate of drug-likeness (QED) is 0.0704. The molecule has 0 bridgehead atoms. The van der Waals surface area contributed by atoms with Crippen LogP contribution in [0.4, 0.5) is 0 Å². The maximum absolute atomic E-state index is 11.0. The van der Waals surface area contributed by atoms with Crippen LogP contribution in [0.3, 0.4) is 0 Å². The number of halogens is 9. The maximum Gasteiger partial charge on any atom is 0.303 e. The number of hydrogen-bond donors (Lipinski definition) is 3. The van der Waals surface area contributed by atoms with Gasteiger partial charge in [0, 0.05) is 36.0 Å². The van der Waals surface area contributed by atoms with Crippen LogP contribution in [0.5, 0.6) is 0 Å². The number of aryl methyl sites for hydroxylation is 3. The van der Waals surface area contributed by atoms with Crippen molar-refractivity contribution in [1.82, 2.24) is 13.7 Å². The monoisotopic (exact) mass is 1100 g/mol. The summed E-state index contributed by atoms with van der Waals surface area (Å²) in [6.07, 6.45) is 9.12. The van der Waals surface area contributed by atoms with E-state index in [9.17, 15) is 14.4 Å². The second kappa shape index (κ2) is 24.6. The molecule has 1 aromatic carbocycles. The van der Waals surface area contributed by atoms with Gasteiger partial charge < -0.3 is 66.3 Å². The minimum absolute atomic E-state index is 0. The first-order valence-electron chi connectivity index (χ1n) is 17.6. The molecule has 0 radical (unpaired) electrons. The molecule has 0 aliphatic carbocycles. The smallest absolute Gasteiger partial charge is 0.303 e. The number of carboxylic acid groups (broad SMARTS) is 3. The molecule has 0 spiro atoms. The van der Waals surface area contributed by atoms with E-state index in [1.807, 2.05) is 46.4 Å². The highest BCUT2D eigenvalue weighted by atomic mass is 79.9. The zero-order chi connectivity index (χ0) is 39.9. The fraction of sp³-hybridized carbons (Fsp3) is 0.500. The zero-order valence-corrected chi connectivity index (χ0v) is 40.8. The first-order chi connectivity index (χ1) is 25.5. The third-order valence-corrected chi connectivity index (χ3v) is 12.3. The highest BCUT2D eigenvalue weighted by Crippen LogP contribution is 2.31. The number of imidazole rings is 3. The Morgan fingerprint density at radius 1 is 0.474 bits per heavy atom. The van der Waals surface area contributed by atoms with Crippen molar-refractivity contribution < 1.29 is 94.3 Å². The van der Waals surface area contributed by atoms with Gasteiger partial charge in [0.2, 0.25) is 19.0 Å². The highest BCUT2D eigenvalue weighted by molar-refractivity contribution is 6.40. The summed E-state index contributed by atoms with van der Waals surface area (Å²) in [5, 5.41) is 29.2. The molecular weight excluding hydrogens is 1060 g/mol. The van der Waals surface area contributed by atoms with E-state index >= 15 is 0 Å². The Morgan fingerprint density at radius 3 is 0.912 bits per heavy atom. The van der Waals surface area contributed by atoms with Crippen molar-refractivity contribution in [3.05, 3.63) is 83.3 Å². The van der Waals surface area contributed by atoms with Crippen molar-refractivity contribution in [1.29, 1.82) is 0 Å². The fourth-order valence-corrected chi connectivity index (χ4v) is 7.95. The van der Waals surface area contributed by atoms with E-state index in [1.165, 1.54) is 0 Å². The lowest BCUT2D eigenvalue weighted by molar-refractivity contribution is -0.687. The van der Waals surface area contributed by atoms with Gasteiger partial charge in [0.05, 0.1) is 19.6 Å². The molecule has 4 aromatic rings. The first kappa shape index (κ1) is 53.5. The standard InChI is InChI=1S/C36H42Cl6N6O6.3BrH/c1-22-25(16-46-19-43(31(37)34(46)40)13-7-4-10-28(49)50)23(2)27(18-48-21-45(33(39)36(48)42)15-9-6-12-30(53)54)24(3)26(22)17-47-20-44(32(38)35(47)41)14-8-5-11-29(51)52;;;/h19-21H,4-18H2,1-3H3;3*1H. The van der Waals surface area contributed by atoms with Crippen LogP contribution in [0.15, 0.2) is 19.0 Å². The molecule has 0 saturated carbocycles. The van der Waals surface area contributed by atoms with Gasteiger partial charge in [-0.05, 0) is 146 Å². The molecule has 3 N–H and O–H groups in total. The Kier molecular flexibility index (Phi) is 23.1. The van der Waals surface area contributed by atoms with E-state index in [2.05, 4.69) is 20.8 Å². The van der Waals surface area contributed by atoms with Crippen LogP contribution < -0.4 is 64.6 Å². The van der Waals surface area contributed by atoms with Crippen LogP contribution in [-0.4, -0.2) is 46.9 Å². The van der Waals surface area contributed by atoms with Gasteiger partial charge in [-0.25, -0.2) is 27.4 Å². The third-order valence-electron chi connectivity index (χ3n) is 9.68. The van der Waals surface area contributed by atoms with Gasteiger partial charge in [-0.1, -0.05) is 0 Å². The van der Waals surface area contributed by atoms with Crippen LogP contribution in [0, 0.1) is 20.8 Å². The van der Waals surface area contributed by atoms with Crippen LogP contribution in [0.25, 0.3) is 0 Å². The SMILES string of the molecule is Cc1c(C[n+]2cn(CCCCC(=O)O)c(Cl)c2Cl)c(C)c(C[n+]2cn(CCCCC(=O)O)c(Cl)c2Cl)c(C)c1C[n+]1cn(CCCCC(=O)O)c(Cl)c1Cl.[Br-].[Br-].[Br-]. The van der Waals surface area contributed by atoms with Crippen molar-refractivity contribution in [3.8, 4) is 0 Å². The molecule has 0 amide bonds. The van der Waals surface area contributed by atoms with Crippen molar-refractivity contribution in [2.24, 2.45) is 0 Å². The maximum atomic E-state index is 11.0. The van der Waals surface area contributed by atoms with Crippen molar-refractivity contribution in [2.45, 2.75) is 118 Å². The average molecular weight is 1110 g/mol. The molecule has 0 aliphatic rings. The third kappa shape index (κ3) is 14.0. The molecule has 0 atom stereocenters. The number of nitrogens with zero attached hydrogens (tertiary/aromatic N) is 6. The summed E-state index contributed by atoms with van der Waals surface area (Å²) in [5.41, 5.74) is 6.06. The average Bonchev–Trinajstić information content (AvgIpc) is 3.65. The normalized spacial score (nSPS) is 10.9. The summed E-state index contributed by atoms with van der Waals surface area (Å²) >= 11 is 40.4. The topological polar surface area (TPSA) is 138 Å². The Morgan fingerprint density at radius 2 is 0.702 bits per heavy atom. The van der Waals surface area contributed by atoms with Gasteiger partial charge in [-0.3, -0.25) is 14.4 Å². The van der Waals surface area contributed by atoms with Crippen LogP contribution in [-0.2, 0) is 53.7 Å². The number of carbonyl (C=O) groups is 3. The molecule has 3 aromatic heterocycles. The fourth-order valence-electron chi connectivity index (χ4n) is 6.61. The predicted octanol–water partition coefficient (Wildman–Crippen LogP) is -1.28. The Hall–Kier alpha value is -1.56. The minimum Gasteiger partial charge on any atom is -1.00 e. The van der Waals surface area contributed by atoms with Crippen LogP contribution >= 0.6 is 69.6 Å². The summed E-state index contributed by atoms with van der Waals surface area (Å²) < 4.78 is 11.1. The molecule has 0 fully saturated rings. The molecule has 0 saturated heterocycles. The summed E-state index contributed by atoms with van der Waals surface area (Å²) in [7, 11) is 0. The van der Waals surface area contributed by atoms with E-state index in [0.717, 1.165) is 33.4 Å². The summed E-state index contributed by atoms with van der Waals surface area (Å²) in [5.74, 6) is -2.54. The summed E-state index contributed by atoms with van der Waals surface area (Å²) in [6.45, 7) is 8.82. The number of aliphatic carboxylic acids is 3. The molecular formula is C36H45Br3Cl6N6O6. The number of carboxylic acids is 3. The number of aromatic nitrogens is 6. The van der Waals surface area contributed by atoms with Gasteiger partial charge in [0.25, 0.3) is 30.9 Å². The molecule has 3 heterocycles. The van der Waals surface area contributed by atoms with Gasteiger partial charge in [0.1, 0.15) is 19.6 Å². The molecule has 57 heavy (non-hydrogen) atoms. The lowest BCUT2D eigenvalue weighted by Crippen LogP contribution is -3.00. The van der Waals surface area contributed by atoms with E-state index in [4.69, 9.17) is 84.9 Å². The molecule has 21 heteroatoms. The van der Waals surface area contributed by atoms with Gasteiger partial charge >= 0.3 is 17.9 Å². The second-order valence-corrected chi connectivity index (χ2v) is 15.6. The Balaban J connectivity index is 0.00000541. The summed E-state index contributed by atoms with van der Waals surface area (Å²) in [4.78, 5) is 33.0. The lowest BCUT2D eigenvalue weighted by atomic mass is 9.87. The lowest BCUT2D eigenvalue weighted by Gasteiger charge is -2.20. The van der Waals surface area contributed by atoms with E-state index in [-0.39, 0.29) is 70.2 Å². The van der Waals surface area contributed by atoms with Gasteiger partial charge in [0.15, 0.2) is 0 Å². The second-order valence-electron chi connectivity index (χ2n) is 13.4. The first-order valence-corrected chi connectivity index (χ1v) is 19.8. The van der Waals surface area contributed by atoms with Gasteiger partial charge in [-0.2, -0.15) is 0 Å². The van der Waals surface area contributed by atoms with Crippen molar-refractivity contribution in [3.63, 3.8) is 0 Å². The largest absolute Gasteiger partial charge is 1.00 e. The number of unbranched alkanes of at least 4 members (excludes halogenated alkanes) is 3. The minimum atomic E-state index is -0.846. The summed E-state index contributed by atoms with van der Waals surface area (Å²) in [6, 6.07) is 0. The number of benzene rings is 1. The van der Waals surface area contributed by atoms with Crippen molar-refractivity contribution >= 4 is 87.5 Å². The van der Waals surface area contributed by atoms with Crippen LogP contribution in [0.2, 0.25) is 30.9 Å². The number of hydrogen-bond acceptors (Lipinski definition) is 3. The van der Waals surface area contributed by atoms with Crippen molar-refractivity contribution in [2.75, 3.05) is 0 Å². The molecule has 4 rings (SSSR count). The van der Waals surface area contributed by atoms with E-state index < -0.39 is 17.9 Å². The highest BCUT2D eigenvalue weighted by Gasteiger charge is 2.29. The molecule has 0 aliphatic heterocycles. The molecule has 12 nitrogen and oxygen atoms in total. The number of rotatable bonds is 21. The zero-order valence-electron chi connectivity index (χ0n) is 31.5. The van der Waals surface area contributed by atoms with Gasteiger partial charge in [-0.15, -0.1) is 0 Å². The Labute approximate surface area is 393 Å². The van der Waals surface area contributed by atoms with Crippen LogP contribution in [0.1, 0.15) is 91.2 Å². The molecule has 0 unspecified atom stereocenters. The van der Waals surface area contributed by atoms with E-state index in [1.54, 1.807) is 0 Å². The predicted molar refractivity (Wildman–Crippen MR) is 206 cm³/mol. The Bertz CT molecular complexity index is 1790.